The van der Waals surface area contributed by atoms with E-state index in [9.17, 15) is 9.59 Å². The van der Waals surface area contributed by atoms with E-state index in [1.165, 1.54) is 11.3 Å². The number of ether oxygens (including phenoxy) is 1. The number of fused-ring (bicyclic) bond motifs is 1. The maximum atomic E-state index is 13.3. The topological polar surface area (TPSA) is 110 Å². The number of para-hydroxylation sites is 1. The average Bonchev–Trinajstić information content (AvgIpc) is 3.20. The van der Waals surface area contributed by atoms with Gasteiger partial charge in [-0.1, -0.05) is 47.2 Å². The molecule has 8 nitrogen and oxygen atoms in total. The molecule has 1 fully saturated rings. The Morgan fingerprint density at radius 1 is 1.30 bits per heavy atom. The van der Waals surface area contributed by atoms with Gasteiger partial charge in [0.15, 0.2) is 5.13 Å². The summed E-state index contributed by atoms with van der Waals surface area (Å²) < 4.78 is 5.62. The number of carbonyl (C=O) groups is 2. The van der Waals surface area contributed by atoms with Gasteiger partial charge in [-0.15, -0.1) is 0 Å². The number of benzene rings is 2. The highest BCUT2D eigenvalue weighted by molar-refractivity contribution is 7.19. The van der Waals surface area contributed by atoms with Crippen LogP contribution in [-0.4, -0.2) is 54.0 Å². The first-order valence-corrected chi connectivity index (χ1v) is 11.7. The Balaban J connectivity index is 1.28. The second-order valence-electron chi connectivity index (χ2n) is 8.20. The molecule has 0 aliphatic carbocycles. The lowest BCUT2D eigenvalue weighted by molar-refractivity contribution is 0.0451. The summed E-state index contributed by atoms with van der Waals surface area (Å²) in [5.74, 6) is 0.332. The Morgan fingerprint density at radius 2 is 2.15 bits per heavy atom. The third kappa shape index (κ3) is 4.11. The lowest BCUT2D eigenvalue weighted by Gasteiger charge is -2.40. The molecule has 0 radical (unpaired) electrons. The van der Waals surface area contributed by atoms with Gasteiger partial charge < -0.3 is 26.0 Å². The predicted octanol–water partition coefficient (Wildman–Crippen LogP) is 3.15. The Hall–Kier alpha value is -3.59. The first-order valence-electron chi connectivity index (χ1n) is 10.9. The standard InChI is InChI=1S/C24H25N5O3S/c1-14-4-2-5-15(12-14)21-20(28-24(25)33-21)23(31)29-10-8-16(29)13-27-22(30)17-6-3-7-18-19(17)26-9-11-32-18/h2-7,12,16,26H,8-11,13H2,1H3,(H2,25,28)(H,27,30)/t16-/m0/s1. The minimum atomic E-state index is -0.192. The van der Waals surface area contributed by atoms with Gasteiger partial charge in [-0.25, -0.2) is 4.98 Å². The van der Waals surface area contributed by atoms with Gasteiger partial charge in [0, 0.05) is 19.6 Å². The zero-order valence-electron chi connectivity index (χ0n) is 18.3. The lowest BCUT2D eigenvalue weighted by Crippen LogP contribution is -2.56. The van der Waals surface area contributed by atoms with Crippen LogP contribution in [0.2, 0.25) is 0 Å². The van der Waals surface area contributed by atoms with Crippen LogP contribution in [0.15, 0.2) is 42.5 Å². The third-order valence-electron chi connectivity index (χ3n) is 5.96. The van der Waals surface area contributed by atoms with Crippen molar-refractivity contribution in [1.29, 1.82) is 0 Å². The van der Waals surface area contributed by atoms with Gasteiger partial charge in [-0.3, -0.25) is 9.59 Å². The van der Waals surface area contributed by atoms with E-state index in [1.807, 2.05) is 37.3 Å². The molecule has 0 spiro atoms. The number of thiazole rings is 1. The Bertz CT molecular complexity index is 1220. The number of carbonyl (C=O) groups excluding carboxylic acids is 2. The Labute approximate surface area is 195 Å². The smallest absolute Gasteiger partial charge is 0.274 e. The Kier molecular flexibility index (Phi) is 5.63. The molecule has 2 aromatic carbocycles. The van der Waals surface area contributed by atoms with Gasteiger partial charge in [-0.2, -0.15) is 0 Å². The summed E-state index contributed by atoms with van der Waals surface area (Å²) in [7, 11) is 0. The maximum Gasteiger partial charge on any atom is 0.274 e. The van der Waals surface area contributed by atoms with Crippen molar-refractivity contribution in [2.75, 3.05) is 37.3 Å². The molecule has 1 atom stereocenters. The number of amides is 2. The molecule has 3 heterocycles. The highest BCUT2D eigenvalue weighted by Crippen LogP contribution is 2.35. The van der Waals surface area contributed by atoms with Gasteiger partial charge in [0.25, 0.3) is 11.8 Å². The molecule has 0 unspecified atom stereocenters. The Morgan fingerprint density at radius 3 is 2.94 bits per heavy atom. The normalized spacial score (nSPS) is 16.8. The molecule has 2 aliphatic rings. The molecule has 5 rings (SSSR count). The molecule has 2 aliphatic heterocycles. The molecule has 1 aromatic heterocycles. The van der Waals surface area contributed by atoms with Gasteiger partial charge in [-0.05, 0) is 31.0 Å². The monoisotopic (exact) mass is 463 g/mol. The van der Waals surface area contributed by atoms with Gasteiger partial charge >= 0.3 is 0 Å². The van der Waals surface area contributed by atoms with Crippen LogP contribution in [0.3, 0.4) is 0 Å². The summed E-state index contributed by atoms with van der Waals surface area (Å²) in [6, 6.07) is 13.3. The van der Waals surface area contributed by atoms with Crippen LogP contribution in [-0.2, 0) is 0 Å². The van der Waals surface area contributed by atoms with Crippen molar-refractivity contribution >= 4 is 34.0 Å². The number of aromatic nitrogens is 1. The fourth-order valence-corrected chi connectivity index (χ4v) is 5.01. The molecule has 170 valence electrons. The number of anilines is 2. The SMILES string of the molecule is Cc1cccc(-c2sc(N)nc2C(=O)N2CC[C@H]2CNC(=O)c2cccc3c2NCCO3)c1. The molecule has 33 heavy (non-hydrogen) atoms. The average molecular weight is 464 g/mol. The van der Waals surface area contributed by atoms with Crippen LogP contribution in [0.4, 0.5) is 10.8 Å². The molecule has 4 N–H and O–H groups in total. The minimum absolute atomic E-state index is 0.0847. The molecule has 0 saturated carbocycles. The number of likely N-dealkylation sites (tertiary alicyclic amines) is 1. The lowest BCUT2D eigenvalue weighted by atomic mass is 10.0. The second-order valence-corrected chi connectivity index (χ2v) is 9.23. The van der Waals surface area contributed by atoms with Crippen LogP contribution >= 0.6 is 11.3 Å². The van der Waals surface area contributed by atoms with E-state index in [1.54, 1.807) is 17.0 Å². The molecule has 3 aromatic rings. The summed E-state index contributed by atoms with van der Waals surface area (Å²) in [6.07, 6.45) is 0.819. The highest BCUT2D eigenvalue weighted by atomic mass is 32.1. The number of hydrogen-bond donors (Lipinski definition) is 3. The predicted molar refractivity (Wildman–Crippen MR) is 129 cm³/mol. The summed E-state index contributed by atoms with van der Waals surface area (Å²) in [4.78, 5) is 33.0. The first-order chi connectivity index (χ1) is 16.0. The van der Waals surface area contributed by atoms with E-state index < -0.39 is 0 Å². The summed E-state index contributed by atoms with van der Waals surface area (Å²) >= 11 is 1.32. The van der Waals surface area contributed by atoms with E-state index in [0.717, 1.165) is 22.4 Å². The largest absolute Gasteiger partial charge is 0.490 e. The fourth-order valence-electron chi connectivity index (χ4n) is 4.19. The first kappa shape index (κ1) is 21.3. The molecule has 0 bridgehead atoms. The highest BCUT2D eigenvalue weighted by Gasteiger charge is 2.35. The molecular formula is C24H25N5O3S. The van der Waals surface area contributed by atoms with Crippen molar-refractivity contribution in [3.05, 3.63) is 59.3 Å². The number of hydrogen-bond acceptors (Lipinski definition) is 7. The fraction of sp³-hybridized carbons (Fsp3) is 0.292. The number of aryl methyl sites for hydroxylation is 1. The molecule has 1 saturated heterocycles. The third-order valence-corrected chi connectivity index (χ3v) is 6.90. The van der Waals surface area contributed by atoms with Crippen molar-refractivity contribution in [2.45, 2.75) is 19.4 Å². The van der Waals surface area contributed by atoms with Gasteiger partial charge in [0.2, 0.25) is 0 Å². The number of nitrogens with one attached hydrogen (secondary N) is 2. The van der Waals surface area contributed by atoms with Crippen molar-refractivity contribution in [2.24, 2.45) is 0 Å². The van der Waals surface area contributed by atoms with Crippen molar-refractivity contribution in [3.8, 4) is 16.2 Å². The van der Waals surface area contributed by atoms with Crippen LogP contribution in [0, 0.1) is 6.92 Å². The van der Waals surface area contributed by atoms with Crippen molar-refractivity contribution < 1.29 is 14.3 Å². The zero-order valence-corrected chi connectivity index (χ0v) is 19.1. The van der Waals surface area contributed by atoms with Crippen LogP contribution in [0.25, 0.3) is 10.4 Å². The summed E-state index contributed by atoms with van der Waals surface area (Å²) in [5, 5.41) is 6.58. The summed E-state index contributed by atoms with van der Waals surface area (Å²) in [6.45, 7) is 4.23. The quantitative estimate of drug-likeness (QED) is 0.536. The zero-order chi connectivity index (χ0) is 22.9. The van der Waals surface area contributed by atoms with E-state index in [4.69, 9.17) is 10.5 Å². The van der Waals surface area contributed by atoms with Gasteiger partial charge in [0.1, 0.15) is 18.1 Å². The number of nitrogens with two attached hydrogens (primary N) is 1. The van der Waals surface area contributed by atoms with E-state index in [0.29, 0.717) is 54.1 Å². The molecular weight excluding hydrogens is 438 g/mol. The summed E-state index contributed by atoms with van der Waals surface area (Å²) in [5.41, 5.74) is 9.63. The van der Waals surface area contributed by atoms with Crippen molar-refractivity contribution in [1.82, 2.24) is 15.2 Å². The van der Waals surface area contributed by atoms with E-state index in [2.05, 4.69) is 15.6 Å². The minimum Gasteiger partial charge on any atom is -0.490 e. The molecule has 9 heteroatoms. The van der Waals surface area contributed by atoms with Gasteiger partial charge in [0.05, 0.1) is 22.2 Å². The van der Waals surface area contributed by atoms with E-state index in [-0.39, 0.29) is 17.9 Å². The molecule has 2 amide bonds. The van der Waals surface area contributed by atoms with Crippen LogP contribution in [0.5, 0.6) is 5.75 Å². The second kappa shape index (κ2) is 8.74. The number of nitrogens with zero attached hydrogens (tertiary/aromatic N) is 2. The van der Waals surface area contributed by atoms with Crippen LogP contribution < -0.4 is 21.1 Å². The van der Waals surface area contributed by atoms with Crippen molar-refractivity contribution in [3.63, 3.8) is 0 Å². The number of nitrogen functional groups attached to an aromatic ring is 1. The maximum absolute atomic E-state index is 13.3. The number of rotatable bonds is 5. The van der Waals surface area contributed by atoms with E-state index >= 15 is 0 Å². The van der Waals surface area contributed by atoms with Crippen LogP contribution in [0.1, 0.15) is 32.8 Å².